The average Bonchev–Trinajstić information content (AvgIpc) is 3.15. The van der Waals surface area contributed by atoms with Crippen LogP contribution >= 0.6 is 11.6 Å². The predicted molar refractivity (Wildman–Crippen MR) is 116 cm³/mol. The summed E-state index contributed by atoms with van der Waals surface area (Å²) in [4.78, 5) is 28.2. The molecule has 0 aromatic heterocycles. The van der Waals surface area contributed by atoms with Gasteiger partial charge in [-0.25, -0.2) is 8.42 Å². The number of piperazine rings is 1. The number of rotatable bonds is 9. The first-order valence-corrected chi connectivity index (χ1v) is 12.4. The van der Waals surface area contributed by atoms with Crippen LogP contribution < -0.4 is 5.32 Å². The summed E-state index contributed by atoms with van der Waals surface area (Å²) in [6, 6.07) is 6.66. The van der Waals surface area contributed by atoms with Crippen LogP contribution in [-0.2, 0) is 14.8 Å². The third-order valence-corrected chi connectivity index (χ3v) is 7.56. The van der Waals surface area contributed by atoms with Crippen LogP contribution in [0.5, 0.6) is 0 Å². The molecule has 166 valence electrons. The Morgan fingerprint density at radius 1 is 1.17 bits per heavy atom. The van der Waals surface area contributed by atoms with E-state index in [-0.39, 0.29) is 24.1 Å². The number of nitrogens with zero attached hydrogens (tertiary/aromatic N) is 3. The van der Waals surface area contributed by atoms with Crippen LogP contribution in [0, 0.1) is 0 Å². The van der Waals surface area contributed by atoms with Crippen LogP contribution in [0.25, 0.3) is 0 Å². The van der Waals surface area contributed by atoms with Crippen LogP contribution in [0.3, 0.4) is 0 Å². The third-order valence-electron chi connectivity index (χ3n) is 5.47. The van der Waals surface area contributed by atoms with Crippen molar-refractivity contribution >= 4 is 33.4 Å². The van der Waals surface area contributed by atoms with Gasteiger partial charge in [-0.05, 0) is 31.0 Å². The van der Waals surface area contributed by atoms with Crippen molar-refractivity contribution in [3.05, 3.63) is 34.9 Å². The van der Waals surface area contributed by atoms with Crippen molar-refractivity contribution in [3.63, 3.8) is 0 Å². The highest BCUT2D eigenvalue weighted by molar-refractivity contribution is 7.89. The Balaban J connectivity index is 1.64. The number of benzene rings is 1. The Morgan fingerprint density at radius 2 is 1.93 bits per heavy atom. The standard InChI is InChI=1S/C20H29ClN4O4S/c21-18-5-1-4-17(16-18)20(27)24(11-3-10-23-9-2-6-19(23)26)14-15-30(28,29)25-12-7-22-8-13-25/h1,4-5,16,22H,2-3,6-15H2. The fourth-order valence-corrected chi connectivity index (χ4v) is 5.43. The molecular weight excluding hydrogens is 428 g/mol. The summed E-state index contributed by atoms with van der Waals surface area (Å²) in [6.07, 6.45) is 2.05. The van der Waals surface area contributed by atoms with Crippen molar-refractivity contribution in [2.24, 2.45) is 0 Å². The van der Waals surface area contributed by atoms with Gasteiger partial charge in [0.05, 0.1) is 5.75 Å². The van der Waals surface area contributed by atoms with E-state index >= 15 is 0 Å². The Hall–Kier alpha value is -1.68. The van der Waals surface area contributed by atoms with E-state index in [2.05, 4.69) is 5.32 Å². The minimum atomic E-state index is -3.44. The number of hydrogen-bond acceptors (Lipinski definition) is 5. The van der Waals surface area contributed by atoms with Gasteiger partial charge in [-0.15, -0.1) is 0 Å². The molecule has 0 unspecified atom stereocenters. The van der Waals surface area contributed by atoms with Crippen molar-refractivity contribution in [1.82, 2.24) is 19.4 Å². The number of likely N-dealkylation sites (tertiary alicyclic amines) is 1. The Morgan fingerprint density at radius 3 is 2.60 bits per heavy atom. The monoisotopic (exact) mass is 456 g/mol. The molecular formula is C20H29ClN4O4S. The highest BCUT2D eigenvalue weighted by Crippen LogP contribution is 2.15. The minimum absolute atomic E-state index is 0.103. The average molecular weight is 457 g/mol. The normalized spacial score (nSPS) is 18.0. The lowest BCUT2D eigenvalue weighted by Gasteiger charge is -2.29. The molecule has 2 heterocycles. The number of amides is 2. The maximum absolute atomic E-state index is 13.1. The van der Waals surface area contributed by atoms with Gasteiger partial charge in [0.25, 0.3) is 5.91 Å². The minimum Gasteiger partial charge on any atom is -0.343 e. The highest BCUT2D eigenvalue weighted by atomic mass is 35.5. The van der Waals surface area contributed by atoms with E-state index in [0.717, 1.165) is 13.0 Å². The molecule has 0 atom stereocenters. The van der Waals surface area contributed by atoms with Gasteiger partial charge < -0.3 is 15.1 Å². The van der Waals surface area contributed by atoms with Gasteiger partial charge in [-0.1, -0.05) is 17.7 Å². The van der Waals surface area contributed by atoms with E-state index in [0.29, 0.717) is 62.7 Å². The van der Waals surface area contributed by atoms with E-state index in [1.165, 1.54) is 4.31 Å². The van der Waals surface area contributed by atoms with Gasteiger partial charge in [0.1, 0.15) is 0 Å². The SMILES string of the molecule is O=C1CCCN1CCCN(CCS(=O)(=O)N1CCNCC1)C(=O)c1cccc(Cl)c1. The van der Waals surface area contributed by atoms with E-state index in [4.69, 9.17) is 11.6 Å². The second-order valence-electron chi connectivity index (χ2n) is 7.61. The van der Waals surface area contributed by atoms with Crippen LogP contribution in [-0.4, -0.2) is 92.4 Å². The fourth-order valence-electron chi connectivity index (χ4n) is 3.79. The number of carbonyl (C=O) groups excluding carboxylic acids is 2. The number of sulfonamides is 1. The molecule has 0 aliphatic carbocycles. The Labute approximate surface area is 183 Å². The van der Waals surface area contributed by atoms with Crippen molar-refractivity contribution in [3.8, 4) is 0 Å². The van der Waals surface area contributed by atoms with Gasteiger partial charge in [0.2, 0.25) is 15.9 Å². The highest BCUT2D eigenvalue weighted by Gasteiger charge is 2.26. The Bertz CT molecular complexity index is 858. The zero-order valence-corrected chi connectivity index (χ0v) is 18.6. The summed E-state index contributed by atoms with van der Waals surface area (Å²) in [5.41, 5.74) is 0.430. The summed E-state index contributed by atoms with van der Waals surface area (Å²) >= 11 is 6.03. The molecule has 0 saturated carbocycles. The van der Waals surface area contributed by atoms with E-state index in [1.54, 1.807) is 34.1 Å². The molecule has 1 N–H and O–H groups in total. The lowest BCUT2D eigenvalue weighted by molar-refractivity contribution is -0.127. The van der Waals surface area contributed by atoms with Crippen LogP contribution in [0.4, 0.5) is 0 Å². The first-order chi connectivity index (χ1) is 14.4. The van der Waals surface area contributed by atoms with Crippen molar-refractivity contribution in [2.45, 2.75) is 19.3 Å². The number of halogens is 1. The molecule has 2 aliphatic heterocycles. The summed E-state index contributed by atoms with van der Waals surface area (Å²) < 4.78 is 26.9. The molecule has 8 nitrogen and oxygen atoms in total. The zero-order valence-electron chi connectivity index (χ0n) is 17.1. The molecule has 3 rings (SSSR count). The molecule has 2 amide bonds. The molecule has 1 aromatic carbocycles. The molecule has 1 aromatic rings. The van der Waals surface area contributed by atoms with Crippen LogP contribution in [0.2, 0.25) is 5.02 Å². The van der Waals surface area contributed by atoms with Crippen molar-refractivity contribution in [1.29, 1.82) is 0 Å². The van der Waals surface area contributed by atoms with Crippen molar-refractivity contribution < 1.29 is 18.0 Å². The molecule has 0 spiro atoms. The van der Waals surface area contributed by atoms with Gasteiger partial charge in [-0.2, -0.15) is 4.31 Å². The van der Waals surface area contributed by atoms with E-state index < -0.39 is 10.0 Å². The largest absolute Gasteiger partial charge is 0.343 e. The smallest absolute Gasteiger partial charge is 0.253 e. The first-order valence-electron chi connectivity index (χ1n) is 10.4. The van der Waals surface area contributed by atoms with E-state index in [9.17, 15) is 18.0 Å². The summed E-state index contributed by atoms with van der Waals surface area (Å²) in [5, 5.41) is 3.60. The van der Waals surface area contributed by atoms with Crippen LogP contribution in [0.1, 0.15) is 29.6 Å². The lowest BCUT2D eigenvalue weighted by Crippen LogP contribution is -2.48. The molecule has 2 aliphatic rings. The molecule has 30 heavy (non-hydrogen) atoms. The van der Waals surface area contributed by atoms with Crippen molar-refractivity contribution in [2.75, 3.05) is 58.1 Å². The van der Waals surface area contributed by atoms with Gasteiger partial charge >= 0.3 is 0 Å². The molecule has 10 heteroatoms. The topological polar surface area (TPSA) is 90.0 Å². The molecule has 2 saturated heterocycles. The maximum atomic E-state index is 13.1. The first kappa shape index (κ1) is 23.0. The predicted octanol–water partition coefficient (Wildman–Crippen LogP) is 1.03. The summed E-state index contributed by atoms with van der Waals surface area (Å²) in [7, 11) is -3.44. The maximum Gasteiger partial charge on any atom is 0.253 e. The second kappa shape index (κ2) is 10.6. The van der Waals surface area contributed by atoms with Gasteiger partial charge in [0, 0.05) is 69.4 Å². The quantitative estimate of drug-likeness (QED) is 0.599. The van der Waals surface area contributed by atoms with Gasteiger partial charge in [-0.3, -0.25) is 9.59 Å². The summed E-state index contributed by atoms with van der Waals surface area (Å²) in [5.74, 6) is -0.230. The van der Waals surface area contributed by atoms with E-state index in [1.807, 2.05) is 0 Å². The molecule has 0 radical (unpaired) electrons. The van der Waals surface area contributed by atoms with Gasteiger partial charge in [0.15, 0.2) is 0 Å². The third kappa shape index (κ3) is 6.16. The molecule has 0 bridgehead atoms. The molecule has 2 fully saturated rings. The second-order valence-corrected chi connectivity index (χ2v) is 10.1. The Kier molecular flexibility index (Phi) is 8.10. The lowest BCUT2D eigenvalue weighted by atomic mass is 10.2. The van der Waals surface area contributed by atoms with Crippen LogP contribution in [0.15, 0.2) is 24.3 Å². The zero-order chi connectivity index (χ0) is 21.6. The summed E-state index contributed by atoms with van der Waals surface area (Å²) in [6.45, 7) is 3.96. The fraction of sp³-hybridized carbons (Fsp3) is 0.600. The number of carbonyl (C=O) groups is 2. The number of nitrogens with one attached hydrogen (secondary N) is 1. The number of hydrogen-bond donors (Lipinski definition) is 1.